The lowest BCUT2D eigenvalue weighted by Crippen LogP contribution is -2.31. The van der Waals surface area contributed by atoms with E-state index in [1.54, 1.807) is 7.11 Å². The maximum absolute atomic E-state index is 6.18. The van der Waals surface area contributed by atoms with Crippen molar-refractivity contribution in [3.05, 3.63) is 0 Å². The SMILES string of the molecule is CCCCCCCCCCCC[C@@H](OCOC)[C@H]1CC[C@H]([C@H]2CO2)O1. The summed E-state index contributed by atoms with van der Waals surface area (Å²) < 4.78 is 22.6. The van der Waals surface area contributed by atoms with Crippen LogP contribution < -0.4 is 0 Å². The smallest absolute Gasteiger partial charge is 0.146 e. The number of rotatable bonds is 16. The standard InChI is InChI=1S/C21H40O4/c1-3-4-5-6-7-8-9-10-11-12-13-18(24-17-22-2)19-14-15-20(25-19)21-16-23-21/h18-21H,3-17H2,1-2H3/t18-,19-,20-,21-/m1/s1. The van der Waals surface area contributed by atoms with Crippen LogP contribution >= 0.6 is 0 Å². The first kappa shape index (κ1) is 21.1. The van der Waals surface area contributed by atoms with Crippen molar-refractivity contribution in [3.8, 4) is 0 Å². The summed E-state index contributed by atoms with van der Waals surface area (Å²) in [6.07, 6.45) is 18.0. The van der Waals surface area contributed by atoms with Crippen molar-refractivity contribution in [2.45, 2.75) is 115 Å². The minimum atomic E-state index is 0.178. The molecule has 2 aliphatic heterocycles. The Balaban J connectivity index is 1.51. The van der Waals surface area contributed by atoms with Crippen LogP contribution in [0.1, 0.15) is 90.4 Å². The molecular weight excluding hydrogens is 316 g/mol. The van der Waals surface area contributed by atoms with Gasteiger partial charge in [0.25, 0.3) is 0 Å². The first-order valence-corrected chi connectivity index (χ1v) is 10.7. The van der Waals surface area contributed by atoms with E-state index in [4.69, 9.17) is 18.9 Å². The molecule has 2 saturated heterocycles. The quantitative estimate of drug-likeness (QED) is 0.216. The van der Waals surface area contributed by atoms with Crippen LogP contribution in [0, 0.1) is 0 Å². The van der Waals surface area contributed by atoms with Gasteiger partial charge in [-0.15, -0.1) is 0 Å². The fraction of sp³-hybridized carbons (Fsp3) is 1.00. The zero-order valence-electron chi connectivity index (χ0n) is 16.5. The molecule has 4 atom stereocenters. The second-order valence-electron chi connectivity index (χ2n) is 7.74. The van der Waals surface area contributed by atoms with E-state index in [0.717, 1.165) is 25.9 Å². The maximum atomic E-state index is 6.18. The average Bonchev–Trinajstić information content (AvgIpc) is 3.36. The van der Waals surface area contributed by atoms with Gasteiger partial charge in [0.05, 0.1) is 24.9 Å². The molecule has 0 spiro atoms. The van der Waals surface area contributed by atoms with E-state index < -0.39 is 0 Å². The third-order valence-electron chi connectivity index (χ3n) is 5.52. The highest BCUT2D eigenvalue weighted by Crippen LogP contribution is 2.32. The van der Waals surface area contributed by atoms with Crippen molar-refractivity contribution >= 4 is 0 Å². The zero-order valence-corrected chi connectivity index (χ0v) is 16.5. The fourth-order valence-electron chi connectivity index (χ4n) is 3.87. The minimum absolute atomic E-state index is 0.178. The molecule has 0 aliphatic carbocycles. The summed E-state index contributed by atoms with van der Waals surface area (Å²) in [7, 11) is 1.69. The number of hydrogen-bond donors (Lipinski definition) is 0. The number of unbranched alkanes of at least 4 members (excludes halogenated alkanes) is 9. The molecule has 0 N–H and O–H groups in total. The van der Waals surface area contributed by atoms with Crippen molar-refractivity contribution in [3.63, 3.8) is 0 Å². The lowest BCUT2D eigenvalue weighted by Gasteiger charge is -2.24. The van der Waals surface area contributed by atoms with Crippen molar-refractivity contribution in [2.75, 3.05) is 20.5 Å². The highest BCUT2D eigenvalue weighted by atomic mass is 16.7. The third-order valence-corrected chi connectivity index (χ3v) is 5.52. The van der Waals surface area contributed by atoms with Crippen LogP contribution in [0.3, 0.4) is 0 Å². The first-order chi connectivity index (χ1) is 12.3. The van der Waals surface area contributed by atoms with Crippen LogP contribution in [0.2, 0.25) is 0 Å². The fourth-order valence-corrected chi connectivity index (χ4v) is 3.87. The highest BCUT2D eigenvalue weighted by Gasteiger charge is 2.41. The molecule has 148 valence electrons. The van der Waals surface area contributed by atoms with Gasteiger partial charge < -0.3 is 18.9 Å². The van der Waals surface area contributed by atoms with E-state index in [1.807, 2.05) is 0 Å². The number of ether oxygens (including phenoxy) is 4. The molecule has 0 bridgehead atoms. The van der Waals surface area contributed by atoms with Crippen LogP contribution in [0.5, 0.6) is 0 Å². The van der Waals surface area contributed by atoms with Gasteiger partial charge in [-0.1, -0.05) is 71.1 Å². The Kier molecular flexibility index (Phi) is 11.1. The molecule has 4 nitrogen and oxygen atoms in total. The number of methoxy groups -OCH3 is 1. The third kappa shape index (κ3) is 8.85. The normalized spacial score (nSPS) is 26.9. The molecule has 0 aromatic carbocycles. The molecule has 2 rings (SSSR count). The second-order valence-corrected chi connectivity index (χ2v) is 7.74. The van der Waals surface area contributed by atoms with Crippen LogP contribution in [0.4, 0.5) is 0 Å². The molecule has 0 amide bonds. The Morgan fingerprint density at radius 1 is 0.880 bits per heavy atom. The molecule has 0 saturated carbocycles. The average molecular weight is 357 g/mol. The van der Waals surface area contributed by atoms with Gasteiger partial charge in [0.1, 0.15) is 12.9 Å². The van der Waals surface area contributed by atoms with Gasteiger partial charge in [-0.2, -0.15) is 0 Å². The van der Waals surface area contributed by atoms with E-state index in [0.29, 0.717) is 19.0 Å². The van der Waals surface area contributed by atoms with Gasteiger partial charge >= 0.3 is 0 Å². The number of hydrogen-bond acceptors (Lipinski definition) is 4. The molecule has 0 aromatic rings. The van der Waals surface area contributed by atoms with E-state index in [1.165, 1.54) is 64.2 Å². The van der Waals surface area contributed by atoms with Crippen molar-refractivity contribution < 1.29 is 18.9 Å². The van der Waals surface area contributed by atoms with Crippen LogP contribution in [-0.2, 0) is 18.9 Å². The van der Waals surface area contributed by atoms with Gasteiger partial charge in [0.2, 0.25) is 0 Å². The molecule has 0 unspecified atom stereocenters. The van der Waals surface area contributed by atoms with E-state index >= 15 is 0 Å². The Morgan fingerprint density at radius 3 is 2.12 bits per heavy atom. The van der Waals surface area contributed by atoms with Crippen LogP contribution in [-0.4, -0.2) is 44.9 Å². The van der Waals surface area contributed by atoms with Crippen LogP contribution in [0.25, 0.3) is 0 Å². The second kappa shape index (κ2) is 13.1. The van der Waals surface area contributed by atoms with Gasteiger partial charge in [-0.25, -0.2) is 0 Å². The predicted octanol–water partition coefficient (Wildman–Crippen LogP) is 5.23. The van der Waals surface area contributed by atoms with Gasteiger partial charge in [-0.3, -0.25) is 0 Å². The summed E-state index contributed by atoms with van der Waals surface area (Å²) in [4.78, 5) is 0. The zero-order chi connectivity index (χ0) is 17.7. The summed E-state index contributed by atoms with van der Waals surface area (Å²) >= 11 is 0. The van der Waals surface area contributed by atoms with E-state index in [9.17, 15) is 0 Å². The summed E-state index contributed by atoms with van der Waals surface area (Å²) in [5, 5.41) is 0. The summed E-state index contributed by atoms with van der Waals surface area (Å²) in [6, 6.07) is 0. The lowest BCUT2D eigenvalue weighted by atomic mass is 10.0. The van der Waals surface area contributed by atoms with Crippen molar-refractivity contribution in [1.82, 2.24) is 0 Å². The maximum Gasteiger partial charge on any atom is 0.146 e. The summed E-state index contributed by atoms with van der Waals surface area (Å²) in [5.41, 5.74) is 0. The van der Waals surface area contributed by atoms with E-state index in [-0.39, 0.29) is 12.2 Å². The van der Waals surface area contributed by atoms with Crippen molar-refractivity contribution in [2.24, 2.45) is 0 Å². The topological polar surface area (TPSA) is 40.2 Å². The van der Waals surface area contributed by atoms with Gasteiger partial charge in [0.15, 0.2) is 0 Å². The Bertz CT molecular complexity index is 319. The molecule has 0 radical (unpaired) electrons. The molecule has 4 heteroatoms. The first-order valence-electron chi connectivity index (χ1n) is 10.7. The lowest BCUT2D eigenvalue weighted by molar-refractivity contribution is -0.129. The summed E-state index contributed by atoms with van der Waals surface area (Å²) in [6.45, 7) is 3.52. The molecule has 25 heavy (non-hydrogen) atoms. The Morgan fingerprint density at radius 2 is 1.52 bits per heavy atom. The van der Waals surface area contributed by atoms with Crippen molar-refractivity contribution in [1.29, 1.82) is 0 Å². The largest absolute Gasteiger partial charge is 0.370 e. The molecule has 2 heterocycles. The van der Waals surface area contributed by atoms with Gasteiger partial charge in [0, 0.05) is 7.11 Å². The van der Waals surface area contributed by atoms with E-state index in [2.05, 4.69) is 6.92 Å². The molecular formula is C21H40O4. The Hall–Kier alpha value is -0.160. The number of epoxide rings is 1. The molecule has 2 aliphatic rings. The predicted molar refractivity (Wildman–Crippen MR) is 101 cm³/mol. The monoisotopic (exact) mass is 356 g/mol. The highest BCUT2D eigenvalue weighted by molar-refractivity contribution is 4.88. The molecule has 2 fully saturated rings. The Labute approximate surface area is 154 Å². The van der Waals surface area contributed by atoms with Gasteiger partial charge in [-0.05, 0) is 19.3 Å². The summed E-state index contributed by atoms with van der Waals surface area (Å²) in [5.74, 6) is 0. The van der Waals surface area contributed by atoms with Crippen LogP contribution in [0.15, 0.2) is 0 Å². The minimum Gasteiger partial charge on any atom is -0.370 e. The molecule has 0 aromatic heterocycles.